The van der Waals surface area contributed by atoms with Crippen molar-refractivity contribution in [1.29, 1.82) is 0 Å². The van der Waals surface area contributed by atoms with Gasteiger partial charge in [-0.05, 0) is 82.6 Å². The van der Waals surface area contributed by atoms with Crippen LogP contribution < -0.4 is 9.47 Å². The van der Waals surface area contributed by atoms with Crippen LogP contribution in [0.5, 0.6) is 11.5 Å². The molecule has 0 aliphatic carbocycles. The number of fused-ring (bicyclic) bond motifs is 1. The van der Waals surface area contributed by atoms with E-state index in [1.165, 1.54) is 5.56 Å². The van der Waals surface area contributed by atoms with E-state index in [1.807, 2.05) is 50.2 Å². The number of likely N-dealkylation sites (tertiary alicyclic amines) is 1. The van der Waals surface area contributed by atoms with Crippen LogP contribution in [-0.4, -0.2) is 46.8 Å². The zero-order valence-electron chi connectivity index (χ0n) is 21.3. The van der Waals surface area contributed by atoms with Crippen molar-refractivity contribution in [2.24, 2.45) is 0 Å². The summed E-state index contributed by atoms with van der Waals surface area (Å²) in [5.74, 6) is 2.47. The molecular formula is C30H34ClN3O2. The summed E-state index contributed by atoms with van der Waals surface area (Å²) in [6, 6.07) is 22.5. The lowest BCUT2D eigenvalue weighted by atomic mass is 10.1. The second-order valence-electron chi connectivity index (χ2n) is 9.94. The Morgan fingerprint density at radius 1 is 0.972 bits per heavy atom. The molecule has 2 heterocycles. The summed E-state index contributed by atoms with van der Waals surface area (Å²) in [5.41, 5.74) is 4.03. The van der Waals surface area contributed by atoms with Crippen LogP contribution in [0.3, 0.4) is 0 Å². The van der Waals surface area contributed by atoms with Gasteiger partial charge in [-0.3, -0.25) is 0 Å². The summed E-state index contributed by atoms with van der Waals surface area (Å²) in [6.07, 6.45) is 3.57. The van der Waals surface area contributed by atoms with E-state index in [2.05, 4.69) is 46.8 Å². The summed E-state index contributed by atoms with van der Waals surface area (Å²) in [7, 11) is 2.17. The van der Waals surface area contributed by atoms with Crippen LogP contribution in [0.4, 0.5) is 0 Å². The molecule has 0 saturated carbocycles. The molecule has 1 atom stereocenters. The maximum atomic E-state index is 6.87. The second kappa shape index (κ2) is 10.9. The van der Waals surface area contributed by atoms with Gasteiger partial charge in [0.05, 0.1) is 28.3 Å². The summed E-state index contributed by atoms with van der Waals surface area (Å²) >= 11 is 6.87. The number of rotatable bonds is 7. The number of hydrogen-bond acceptors (Lipinski definition) is 4. The van der Waals surface area contributed by atoms with Gasteiger partial charge in [-0.15, -0.1) is 0 Å². The van der Waals surface area contributed by atoms with E-state index in [-0.39, 0.29) is 12.2 Å². The van der Waals surface area contributed by atoms with Gasteiger partial charge in [0.15, 0.2) is 0 Å². The molecular weight excluding hydrogens is 470 g/mol. The Bertz CT molecular complexity index is 1320. The quantitative estimate of drug-likeness (QED) is 0.271. The first-order chi connectivity index (χ1) is 17.5. The molecule has 5 rings (SSSR count). The number of halogens is 1. The Kier molecular flexibility index (Phi) is 7.49. The molecule has 0 spiro atoms. The van der Waals surface area contributed by atoms with Gasteiger partial charge in [0.2, 0.25) is 0 Å². The molecule has 0 amide bonds. The minimum absolute atomic E-state index is 0.101. The van der Waals surface area contributed by atoms with Crippen molar-refractivity contribution in [1.82, 2.24) is 14.5 Å². The van der Waals surface area contributed by atoms with Crippen molar-refractivity contribution in [3.63, 3.8) is 0 Å². The van der Waals surface area contributed by atoms with E-state index < -0.39 is 0 Å². The molecule has 6 heteroatoms. The summed E-state index contributed by atoms with van der Waals surface area (Å²) in [4.78, 5) is 7.40. The Labute approximate surface area is 218 Å². The zero-order valence-corrected chi connectivity index (χ0v) is 22.0. The van der Waals surface area contributed by atoms with Crippen molar-refractivity contribution < 1.29 is 9.47 Å². The summed E-state index contributed by atoms with van der Waals surface area (Å²) in [5, 5.41) is 0.640. The molecule has 1 aliphatic heterocycles. The van der Waals surface area contributed by atoms with E-state index in [1.54, 1.807) is 0 Å². The molecule has 36 heavy (non-hydrogen) atoms. The smallest absolute Gasteiger partial charge is 0.142 e. The van der Waals surface area contributed by atoms with E-state index in [9.17, 15) is 0 Å². The third-order valence-corrected chi connectivity index (χ3v) is 6.97. The van der Waals surface area contributed by atoms with Crippen LogP contribution in [0, 0.1) is 0 Å². The molecule has 188 valence electrons. The van der Waals surface area contributed by atoms with Gasteiger partial charge in [-0.25, -0.2) is 4.98 Å². The lowest BCUT2D eigenvalue weighted by molar-refractivity contribution is 0.183. The highest BCUT2D eigenvalue weighted by Crippen LogP contribution is 2.35. The van der Waals surface area contributed by atoms with E-state index in [0.29, 0.717) is 11.6 Å². The molecule has 0 N–H and O–H groups in total. The van der Waals surface area contributed by atoms with Gasteiger partial charge < -0.3 is 18.9 Å². The van der Waals surface area contributed by atoms with Gasteiger partial charge >= 0.3 is 0 Å². The first-order valence-electron chi connectivity index (χ1n) is 12.8. The van der Waals surface area contributed by atoms with Crippen molar-refractivity contribution in [3.8, 4) is 22.9 Å². The lowest BCUT2D eigenvalue weighted by Crippen LogP contribution is -2.21. The summed E-state index contributed by atoms with van der Waals surface area (Å²) in [6.45, 7) is 6.94. The Hall–Kier alpha value is -3.02. The molecule has 5 nitrogen and oxygen atoms in total. The average Bonchev–Trinajstić information content (AvgIpc) is 3.06. The first kappa shape index (κ1) is 24.7. The molecule has 0 bridgehead atoms. The number of benzene rings is 3. The minimum atomic E-state index is 0.101. The van der Waals surface area contributed by atoms with Crippen molar-refractivity contribution in [2.45, 2.75) is 51.9 Å². The number of nitrogens with zero attached hydrogens (tertiary/aromatic N) is 3. The number of imidazole rings is 1. The SMILES string of the molecule is CC(C)Oc1ccc2c(c1)nc(-c1ccc(OC3CCCN(C)CC3)cc1Cl)n2Cc1ccccc1. The normalized spacial score (nSPS) is 16.9. The first-order valence-corrected chi connectivity index (χ1v) is 13.2. The standard InChI is InChI=1S/C30H34ClN3O2/c1-21(2)35-25-12-14-29-28(19-25)32-30(34(29)20-22-8-5-4-6-9-22)26-13-11-24(18-27(26)31)36-23-10-7-16-33(3)17-15-23/h4-6,8-9,11-14,18-19,21,23H,7,10,15-17,20H2,1-3H3. The Balaban J connectivity index is 1.49. The van der Waals surface area contributed by atoms with Crippen LogP contribution in [0.1, 0.15) is 38.7 Å². The summed E-state index contributed by atoms with van der Waals surface area (Å²) < 4.78 is 14.5. The fourth-order valence-electron chi connectivity index (χ4n) is 4.86. The fraction of sp³-hybridized carbons (Fsp3) is 0.367. The zero-order chi connectivity index (χ0) is 25.1. The van der Waals surface area contributed by atoms with Crippen molar-refractivity contribution >= 4 is 22.6 Å². The van der Waals surface area contributed by atoms with Crippen LogP contribution in [0.15, 0.2) is 66.7 Å². The van der Waals surface area contributed by atoms with Crippen LogP contribution >= 0.6 is 11.6 Å². The van der Waals surface area contributed by atoms with Crippen molar-refractivity contribution in [2.75, 3.05) is 20.1 Å². The Morgan fingerprint density at radius 3 is 2.56 bits per heavy atom. The van der Waals surface area contributed by atoms with Gasteiger partial charge in [0.1, 0.15) is 17.3 Å². The highest BCUT2D eigenvalue weighted by atomic mass is 35.5. The maximum absolute atomic E-state index is 6.87. The number of ether oxygens (including phenoxy) is 2. The molecule has 1 saturated heterocycles. The van der Waals surface area contributed by atoms with E-state index in [4.69, 9.17) is 26.1 Å². The third kappa shape index (κ3) is 5.69. The van der Waals surface area contributed by atoms with E-state index >= 15 is 0 Å². The predicted octanol–water partition coefficient (Wildman–Crippen LogP) is 7.06. The van der Waals surface area contributed by atoms with Gasteiger partial charge in [0, 0.05) is 24.7 Å². The highest BCUT2D eigenvalue weighted by Gasteiger charge is 2.19. The largest absolute Gasteiger partial charge is 0.491 e. The Morgan fingerprint density at radius 2 is 1.78 bits per heavy atom. The van der Waals surface area contributed by atoms with Crippen LogP contribution in [0.2, 0.25) is 5.02 Å². The highest BCUT2D eigenvalue weighted by molar-refractivity contribution is 6.33. The van der Waals surface area contributed by atoms with E-state index in [0.717, 1.165) is 66.3 Å². The molecule has 0 radical (unpaired) electrons. The predicted molar refractivity (Wildman–Crippen MR) is 147 cm³/mol. The third-order valence-electron chi connectivity index (χ3n) is 6.66. The molecule has 1 aliphatic rings. The monoisotopic (exact) mass is 503 g/mol. The van der Waals surface area contributed by atoms with Gasteiger partial charge in [-0.2, -0.15) is 0 Å². The van der Waals surface area contributed by atoms with Gasteiger partial charge in [-0.1, -0.05) is 41.9 Å². The molecule has 1 unspecified atom stereocenters. The minimum Gasteiger partial charge on any atom is -0.491 e. The number of aromatic nitrogens is 2. The molecule has 1 fully saturated rings. The van der Waals surface area contributed by atoms with Gasteiger partial charge in [0.25, 0.3) is 0 Å². The maximum Gasteiger partial charge on any atom is 0.142 e. The average molecular weight is 504 g/mol. The molecule has 3 aromatic carbocycles. The lowest BCUT2D eigenvalue weighted by Gasteiger charge is -2.18. The van der Waals surface area contributed by atoms with Crippen LogP contribution in [0.25, 0.3) is 22.4 Å². The molecule has 4 aromatic rings. The van der Waals surface area contributed by atoms with Crippen molar-refractivity contribution in [3.05, 3.63) is 77.3 Å². The fourth-order valence-corrected chi connectivity index (χ4v) is 5.11. The topological polar surface area (TPSA) is 39.5 Å². The number of hydrogen-bond donors (Lipinski definition) is 0. The van der Waals surface area contributed by atoms with Crippen LogP contribution in [-0.2, 0) is 6.54 Å². The molecule has 1 aromatic heterocycles. The second-order valence-corrected chi connectivity index (χ2v) is 10.3.